The van der Waals surface area contributed by atoms with Crippen LogP contribution in [0.4, 0.5) is 0 Å². The minimum absolute atomic E-state index is 0.0597. The summed E-state index contributed by atoms with van der Waals surface area (Å²) in [6.07, 6.45) is 3.98. The summed E-state index contributed by atoms with van der Waals surface area (Å²) in [5.74, 6) is -1.59. The standard InChI is InChI=1S/C72H66O19/c1-43(86-59(73)33-35-61(75)88-67-55-15-11-9-13-53(55)65-57(63(67)69(77)83-7)37-39-71(90-65,45-17-25-49(79-3)26-18-45)46-19-27-50(80-4)28-20-46)41-85-42-44(2)87-60(74)34-36-62(76)89-68-56-16-12-10-14-54(56)66-58(64(68)70(78)84-8)38-40-72(91-66,47-21-29-51(81-5)30-22-47)48-23-31-52(82-6)32-24-48/h9-32,37-40,43-44H,33-36,41-42H2,1-8H3. The molecule has 0 aromatic heterocycles. The molecule has 0 saturated heterocycles. The van der Waals surface area contributed by atoms with Crippen molar-refractivity contribution in [2.24, 2.45) is 0 Å². The Hall–Kier alpha value is -10.7. The van der Waals surface area contributed by atoms with Gasteiger partial charge in [-0.3, -0.25) is 19.2 Å². The van der Waals surface area contributed by atoms with Crippen LogP contribution in [0.15, 0.2) is 158 Å². The number of carbonyl (C=O) groups is 6. The van der Waals surface area contributed by atoms with Gasteiger partial charge in [0, 0.05) is 54.9 Å². The molecule has 8 aromatic carbocycles. The van der Waals surface area contributed by atoms with Gasteiger partial charge in [-0.2, -0.15) is 0 Å². The monoisotopic (exact) mass is 1230 g/mol. The molecule has 0 aliphatic carbocycles. The second-order valence-corrected chi connectivity index (χ2v) is 21.3. The molecule has 2 aliphatic rings. The fourth-order valence-corrected chi connectivity index (χ4v) is 11.0. The minimum Gasteiger partial charge on any atom is -0.497 e. The van der Waals surface area contributed by atoms with Gasteiger partial charge in [0.2, 0.25) is 0 Å². The Kier molecular flexibility index (Phi) is 19.4. The summed E-state index contributed by atoms with van der Waals surface area (Å²) >= 11 is 0. The molecule has 19 nitrogen and oxygen atoms in total. The van der Waals surface area contributed by atoms with Crippen molar-refractivity contribution >= 4 is 69.5 Å². The summed E-state index contributed by atoms with van der Waals surface area (Å²) in [7, 11) is 8.76. The van der Waals surface area contributed by atoms with Gasteiger partial charge in [0.15, 0.2) is 22.7 Å². The summed E-state index contributed by atoms with van der Waals surface area (Å²) in [6.45, 7) is 2.99. The van der Waals surface area contributed by atoms with E-state index in [4.69, 9.17) is 61.6 Å². The number of fused-ring (bicyclic) bond motifs is 6. The molecule has 468 valence electrons. The first-order valence-corrected chi connectivity index (χ1v) is 29.1. The van der Waals surface area contributed by atoms with E-state index in [1.54, 1.807) is 103 Å². The first-order valence-electron chi connectivity index (χ1n) is 29.1. The van der Waals surface area contributed by atoms with Crippen LogP contribution >= 0.6 is 0 Å². The Labute approximate surface area is 524 Å². The zero-order valence-corrected chi connectivity index (χ0v) is 51.3. The van der Waals surface area contributed by atoms with E-state index in [0.717, 1.165) is 22.3 Å². The van der Waals surface area contributed by atoms with E-state index >= 15 is 0 Å². The molecule has 0 radical (unpaired) electrons. The number of methoxy groups -OCH3 is 6. The van der Waals surface area contributed by atoms with E-state index in [1.165, 1.54) is 14.2 Å². The average molecular weight is 1240 g/mol. The quantitative estimate of drug-likeness (QED) is 0.0311. The lowest BCUT2D eigenvalue weighted by Crippen LogP contribution is -2.34. The van der Waals surface area contributed by atoms with E-state index in [0.29, 0.717) is 67.2 Å². The maximum absolute atomic E-state index is 13.8. The maximum atomic E-state index is 13.8. The lowest BCUT2D eigenvalue weighted by Gasteiger charge is -2.37. The molecule has 0 saturated carbocycles. The number of carbonyl (C=O) groups excluding carboxylic acids is 6. The molecule has 2 heterocycles. The van der Waals surface area contributed by atoms with Gasteiger partial charge >= 0.3 is 35.8 Å². The van der Waals surface area contributed by atoms with Gasteiger partial charge in [-0.1, -0.05) is 97.1 Å². The third kappa shape index (κ3) is 13.2. The molecular formula is C72H66O19. The largest absolute Gasteiger partial charge is 0.497 e. The Balaban J connectivity index is 0.739. The van der Waals surface area contributed by atoms with E-state index in [2.05, 4.69) is 0 Å². The summed E-state index contributed by atoms with van der Waals surface area (Å²) < 4.78 is 75.1. The SMILES string of the molecule is COC(=O)c1c2c(c3ccccc3c1OC(=O)CCC(=O)OC(C)COCC(C)OC(=O)CCC(=O)Oc1c(C(=O)OC)c3c(c4ccccc14)OC(c1ccc(OC)cc1)(c1ccc(OC)cc1)C=C3)OC(c1ccc(OC)cc1)(c1ccc(OC)cc1)C=C2. The number of ether oxygens (including phenoxy) is 13. The van der Waals surface area contributed by atoms with Crippen LogP contribution in [-0.4, -0.2) is 104 Å². The fraction of sp³-hybridized carbons (Fsp3) is 0.250. The van der Waals surface area contributed by atoms with Crippen molar-refractivity contribution in [3.63, 3.8) is 0 Å². The molecule has 8 aromatic rings. The Morgan fingerprint density at radius 1 is 0.396 bits per heavy atom. The first-order chi connectivity index (χ1) is 44.1. The van der Waals surface area contributed by atoms with Crippen LogP contribution in [0.1, 0.15) is 93.6 Å². The molecule has 0 amide bonds. The molecule has 0 fully saturated rings. The van der Waals surface area contributed by atoms with Crippen molar-refractivity contribution in [2.75, 3.05) is 55.9 Å². The number of hydrogen-bond donors (Lipinski definition) is 0. The Morgan fingerprint density at radius 3 is 0.989 bits per heavy atom. The maximum Gasteiger partial charge on any atom is 0.342 e. The van der Waals surface area contributed by atoms with Crippen LogP contribution in [0.25, 0.3) is 33.7 Å². The lowest BCUT2D eigenvalue weighted by molar-refractivity contribution is -0.156. The summed E-state index contributed by atoms with van der Waals surface area (Å²) in [5, 5.41) is 1.81. The second-order valence-electron chi connectivity index (χ2n) is 21.3. The summed E-state index contributed by atoms with van der Waals surface area (Å²) in [6, 6.07) is 43.8. The van der Waals surface area contributed by atoms with E-state index < -0.39 is 72.1 Å². The molecule has 91 heavy (non-hydrogen) atoms. The molecule has 19 heteroatoms. The normalized spacial score (nSPS) is 13.8. The van der Waals surface area contributed by atoms with Crippen LogP contribution in [0.3, 0.4) is 0 Å². The number of esters is 6. The highest BCUT2D eigenvalue weighted by Crippen LogP contribution is 2.52. The van der Waals surface area contributed by atoms with Crippen LogP contribution < -0.4 is 37.9 Å². The molecule has 0 N–H and O–H groups in total. The van der Waals surface area contributed by atoms with Gasteiger partial charge in [0.05, 0.1) is 81.6 Å². The molecule has 2 atom stereocenters. The number of hydrogen-bond acceptors (Lipinski definition) is 19. The van der Waals surface area contributed by atoms with Crippen molar-refractivity contribution in [3.05, 3.63) is 202 Å². The smallest absolute Gasteiger partial charge is 0.342 e. The van der Waals surface area contributed by atoms with Crippen LogP contribution in [-0.2, 0) is 54.1 Å². The molecule has 2 aliphatic heterocycles. The van der Waals surface area contributed by atoms with Gasteiger partial charge in [0.25, 0.3) is 0 Å². The summed E-state index contributed by atoms with van der Waals surface area (Å²) in [5.41, 5.74) is 1.12. The first kappa shape index (κ1) is 63.4. The third-order valence-electron chi connectivity index (χ3n) is 15.5. The number of benzene rings is 8. The van der Waals surface area contributed by atoms with Gasteiger partial charge in [0.1, 0.15) is 57.8 Å². The van der Waals surface area contributed by atoms with E-state index in [1.807, 2.05) is 109 Å². The van der Waals surface area contributed by atoms with Gasteiger partial charge < -0.3 is 61.6 Å². The van der Waals surface area contributed by atoms with Gasteiger partial charge in [-0.25, -0.2) is 9.59 Å². The van der Waals surface area contributed by atoms with Crippen molar-refractivity contribution in [1.29, 1.82) is 0 Å². The Bertz CT molecular complexity index is 3730. The van der Waals surface area contributed by atoms with E-state index in [-0.39, 0.29) is 48.7 Å². The lowest BCUT2D eigenvalue weighted by atomic mass is 9.82. The van der Waals surface area contributed by atoms with E-state index in [9.17, 15) is 28.8 Å². The number of rotatable bonds is 24. The van der Waals surface area contributed by atoms with Gasteiger partial charge in [-0.15, -0.1) is 0 Å². The minimum atomic E-state index is -1.20. The zero-order valence-electron chi connectivity index (χ0n) is 51.3. The third-order valence-corrected chi connectivity index (χ3v) is 15.5. The van der Waals surface area contributed by atoms with Gasteiger partial charge in [-0.05, 0) is 86.7 Å². The molecular weight excluding hydrogens is 1170 g/mol. The van der Waals surface area contributed by atoms with Crippen LogP contribution in [0, 0.1) is 0 Å². The van der Waals surface area contributed by atoms with Crippen molar-refractivity contribution in [1.82, 2.24) is 0 Å². The molecule has 10 rings (SSSR count). The van der Waals surface area contributed by atoms with Crippen molar-refractivity contribution in [3.8, 4) is 46.0 Å². The van der Waals surface area contributed by atoms with Crippen molar-refractivity contribution in [2.45, 2.75) is 62.9 Å². The highest BCUT2D eigenvalue weighted by molar-refractivity contribution is 6.11. The predicted molar refractivity (Wildman–Crippen MR) is 335 cm³/mol. The fourth-order valence-electron chi connectivity index (χ4n) is 11.0. The topological polar surface area (TPSA) is 222 Å². The van der Waals surface area contributed by atoms with Crippen LogP contribution in [0.2, 0.25) is 0 Å². The highest BCUT2D eigenvalue weighted by Gasteiger charge is 2.43. The second kappa shape index (κ2) is 27.8. The average Bonchev–Trinajstić information content (AvgIpc) is 0.740. The molecule has 0 bridgehead atoms. The predicted octanol–water partition coefficient (Wildman–Crippen LogP) is 12.3. The summed E-state index contributed by atoms with van der Waals surface area (Å²) in [4.78, 5) is 81.0. The van der Waals surface area contributed by atoms with Crippen molar-refractivity contribution < 1.29 is 90.3 Å². The zero-order chi connectivity index (χ0) is 64.4. The highest BCUT2D eigenvalue weighted by atomic mass is 16.6. The molecule has 0 spiro atoms. The molecule has 2 unspecified atom stereocenters. The Morgan fingerprint density at radius 2 is 0.692 bits per heavy atom. The van der Waals surface area contributed by atoms with Crippen LogP contribution in [0.5, 0.6) is 46.0 Å².